The van der Waals surface area contributed by atoms with Crippen LogP contribution in [0.5, 0.6) is 0 Å². The largest absolute Gasteiger partial charge is 0.347 e. The molecule has 1 amide bonds. The molecule has 5 rings (SSSR count). The molecule has 4 heterocycles. The van der Waals surface area contributed by atoms with Crippen LogP contribution in [0.3, 0.4) is 0 Å². The molecule has 0 radical (unpaired) electrons. The van der Waals surface area contributed by atoms with E-state index in [9.17, 15) is 4.79 Å². The van der Waals surface area contributed by atoms with Crippen molar-refractivity contribution in [1.29, 1.82) is 0 Å². The first-order valence-electron chi connectivity index (χ1n) is 9.09. The summed E-state index contributed by atoms with van der Waals surface area (Å²) < 4.78 is 1.15. The van der Waals surface area contributed by atoms with Gasteiger partial charge in [-0.15, -0.1) is 0 Å². The monoisotopic (exact) mass is 364 g/mol. The third-order valence-corrected chi connectivity index (χ3v) is 6.53. The lowest BCUT2D eigenvalue weighted by molar-refractivity contribution is -0.135. The number of fused-ring (bicyclic) bond motifs is 2. The summed E-state index contributed by atoms with van der Waals surface area (Å²) in [5.74, 6) is 0.371. The standard InChI is InChI=1S/C20H20N4OS/c25-19(23-9-6-14-3-1-2-4-15(14)12-23)16-7-10-24(13-16)20-22-17-11-21-8-5-18(17)26-20/h1-5,8,11,16H,6-7,9-10,12-13H2. The summed E-state index contributed by atoms with van der Waals surface area (Å²) in [5.41, 5.74) is 3.61. The highest BCUT2D eigenvalue weighted by atomic mass is 32.1. The number of thiazole rings is 1. The highest BCUT2D eigenvalue weighted by molar-refractivity contribution is 7.22. The Morgan fingerprint density at radius 3 is 2.92 bits per heavy atom. The van der Waals surface area contributed by atoms with Crippen LogP contribution in [0, 0.1) is 5.92 Å². The molecule has 2 aromatic heterocycles. The van der Waals surface area contributed by atoms with E-state index in [2.05, 4.69) is 39.1 Å². The van der Waals surface area contributed by atoms with Crippen LogP contribution < -0.4 is 4.90 Å². The maximum atomic E-state index is 13.0. The average Bonchev–Trinajstić information content (AvgIpc) is 3.34. The van der Waals surface area contributed by atoms with Gasteiger partial charge < -0.3 is 9.80 Å². The number of nitrogens with zero attached hydrogens (tertiary/aromatic N) is 4. The molecule has 0 aliphatic carbocycles. The topological polar surface area (TPSA) is 49.3 Å². The number of carbonyl (C=O) groups is 1. The molecule has 0 bridgehead atoms. The minimum atomic E-state index is 0.0744. The summed E-state index contributed by atoms with van der Waals surface area (Å²) in [4.78, 5) is 26.2. The number of benzene rings is 1. The van der Waals surface area contributed by atoms with Gasteiger partial charge in [0.2, 0.25) is 5.91 Å². The molecule has 2 aliphatic rings. The van der Waals surface area contributed by atoms with Crippen molar-refractivity contribution in [2.24, 2.45) is 5.92 Å². The minimum absolute atomic E-state index is 0.0744. The van der Waals surface area contributed by atoms with E-state index in [1.165, 1.54) is 11.1 Å². The fourth-order valence-electron chi connectivity index (χ4n) is 3.98. The number of pyridine rings is 1. The molecule has 6 heteroatoms. The second-order valence-electron chi connectivity index (χ2n) is 7.05. The molecule has 1 saturated heterocycles. The Bertz CT molecular complexity index is 936. The Balaban J connectivity index is 1.29. The summed E-state index contributed by atoms with van der Waals surface area (Å²) in [6.07, 6.45) is 5.47. The lowest BCUT2D eigenvalue weighted by atomic mass is 9.98. The van der Waals surface area contributed by atoms with E-state index in [-0.39, 0.29) is 5.92 Å². The second-order valence-corrected chi connectivity index (χ2v) is 8.06. The molecule has 1 fully saturated rings. The first-order chi connectivity index (χ1) is 12.8. The minimum Gasteiger partial charge on any atom is -0.347 e. The van der Waals surface area contributed by atoms with Crippen molar-refractivity contribution in [3.05, 3.63) is 53.9 Å². The van der Waals surface area contributed by atoms with Crippen LogP contribution >= 0.6 is 11.3 Å². The van der Waals surface area contributed by atoms with E-state index in [0.29, 0.717) is 5.91 Å². The lowest BCUT2D eigenvalue weighted by Gasteiger charge is -2.30. The SMILES string of the molecule is O=C(C1CCN(c2nc3cnccc3s2)C1)N1CCc2ccccc2C1. The van der Waals surface area contributed by atoms with Gasteiger partial charge in [0.05, 0.1) is 16.8 Å². The number of amides is 1. The zero-order chi connectivity index (χ0) is 17.5. The number of hydrogen-bond donors (Lipinski definition) is 0. The molecule has 0 spiro atoms. The zero-order valence-electron chi connectivity index (χ0n) is 14.5. The fourth-order valence-corrected chi connectivity index (χ4v) is 4.95. The number of rotatable bonds is 2. The van der Waals surface area contributed by atoms with Crippen LogP contribution in [0.15, 0.2) is 42.7 Å². The van der Waals surface area contributed by atoms with E-state index in [1.54, 1.807) is 23.7 Å². The lowest BCUT2D eigenvalue weighted by Crippen LogP contribution is -2.40. The fraction of sp³-hybridized carbons (Fsp3) is 0.350. The Labute approximate surface area is 156 Å². The number of carbonyl (C=O) groups excluding carboxylic acids is 1. The van der Waals surface area contributed by atoms with E-state index in [4.69, 9.17) is 0 Å². The van der Waals surface area contributed by atoms with Gasteiger partial charge in [-0.25, -0.2) is 4.98 Å². The van der Waals surface area contributed by atoms with Crippen molar-refractivity contribution < 1.29 is 4.79 Å². The molecule has 0 saturated carbocycles. The third-order valence-electron chi connectivity index (χ3n) is 5.43. The molecule has 26 heavy (non-hydrogen) atoms. The van der Waals surface area contributed by atoms with Gasteiger partial charge in [0.1, 0.15) is 5.52 Å². The highest BCUT2D eigenvalue weighted by Gasteiger charge is 2.33. The normalized spacial score (nSPS) is 19.8. The van der Waals surface area contributed by atoms with Gasteiger partial charge in [-0.05, 0) is 30.0 Å². The predicted octanol–water partition coefficient (Wildman–Crippen LogP) is 3.10. The molecule has 2 aliphatic heterocycles. The Morgan fingerprint density at radius 1 is 1.15 bits per heavy atom. The molecular formula is C20H20N4OS. The molecule has 1 unspecified atom stereocenters. The van der Waals surface area contributed by atoms with Crippen molar-refractivity contribution in [2.75, 3.05) is 24.5 Å². The van der Waals surface area contributed by atoms with Crippen molar-refractivity contribution in [3.63, 3.8) is 0 Å². The zero-order valence-corrected chi connectivity index (χ0v) is 15.3. The molecule has 1 atom stereocenters. The van der Waals surface area contributed by atoms with Gasteiger partial charge in [-0.3, -0.25) is 9.78 Å². The Morgan fingerprint density at radius 2 is 2.04 bits per heavy atom. The van der Waals surface area contributed by atoms with Crippen molar-refractivity contribution in [1.82, 2.24) is 14.9 Å². The number of aromatic nitrogens is 2. The molecule has 1 aromatic carbocycles. The Hall–Kier alpha value is -2.47. The van der Waals surface area contributed by atoms with Crippen LogP contribution in [0.1, 0.15) is 17.5 Å². The molecule has 0 N–H and O–H groups in total. The van der Waals surface area contributed by atoms with Crippen molar-refractivity contribution in [2.45, 2.75) is 19.4 Å². The van der Waals surface area contributed by atoms with E-state index in [1.807, 2.05) is 11.0 Å². The van der Waals surface area contributed by atoms with Gasteiger partial charge in [0.25, 0.3) is 0 Å². The predicted molar refractivity (Wildman–Crippen MR) is 103 cm³/mol. The van der Waals surface area contributed by atoms with Crippen LogP contribution in [-0.2, 0) is 17.8 Å². The quantitative estimate of drug-likeness (QED) is 0.701. The van der Waals surface area contributed by atoms with Gasteiger partial charge in [-0.1, -0.05) is 35.6 Å². The number of hydrogen-bond acceptors (Lipinski definition) is 5. The maximum absolute atomic E-state index is 13.0. The highest BCUT2D eigenvalue weighted by Crippen LogP contribution is 2.32. The second kappa shape index (κ2) is 6.36. The molecule has 5 nitrogen and oxygen atoms in total. The molecule has 132 valence electrons. The first-order valence-corrected chi connectivity index (χ1v) is 9.90. The van der Waals surface area contributed by atoms with Crippen molar-refractivity contribution in [3.8, 4) is 0 Å². The van der Waals surface area contributed by atoms with E-state index < -0.39 is 0 Å². The third kappa shape index (κ3) is 2.74. The first kappa shape index (κ1) is 15.8. The van der Waals surface area contributed by atoms with Gasteiger partial charge >= 0.3 is 0 Å². The maximum Gasteiger partial charge on any atom is 0.227 e. The number of anilines is 1. The van der Waals surface area contributed by atoms with Crippen LogP contribution in [0.2, 0.25) is 0 Å². The van der Waals surface area contributed by atoms with Crippen molar-refractivity contribution >= 4 is 32.6 Å². The van der Waals surface area contributed by atoms with Crippen LogP contribution in [0.4, 0.5) is 5.13 Å². The van der Waals surface area contributed by atoms with Gasteiger partial charge in [-0.2, -0.15) is 0 Å². The van der Waals surface area contributed by atoms with E-state index >= 15 is 0 Å². The summed E-state index contributed by atoms with van der Waals surface area (Å²) in [7, 11) is 0. The summed E-state index contributed by atoms with van der Waals surface area (Å²) in [6, 6.07) is 10.5. The summed E-state index contributed by atoms with van der Waals surface area (Å²) in [5, 5.41) is 1.01. The van der Waals surface area contributed by atoms with Crippen LogP contribution in [0.25, 0.3) is 10.2 Å². The van der Waals surface area contributed by atoms with Crippen LogP contribution in [-0.4, -0.2) is 40.4 Å². The summed E-state index contributed by atoms with van der Waals surface area (Å²) >= 11 is 1.68. The average molecular weight is 364 g/mol. The van der Waals surface area contributed by atoms with Gasteiger partial charge in [0, 0.05) is 32.4 Å². The molecule has 3 aromatic rings. The van der Waals surface area contributed by atoms with E-state index in [0.717, 1.165) is 54.4 Å². The Kier molecular flexibility index (Phi) is 3.85. The smallest absolute Gasteiger partial charge is 0.227 e. The molecular weight excluding hydrogens is 344 g/mol. The van der Waals surface area contributed by atoms with Gasteiger partial charge in [0.15, 0.2) is 5.13 Å². The summed E-state index contributed by atoms with van der Waals surface area (Å²) in [6.45, 7) is 3.25.